The average Bonchev–Trinajstić information content (AvgIpc) is 3.01. The van der Waals surface area contributed by atoms with E-state index >= 15 is 0 Å². The molecule has 1 aliphatic carbocycles. The van der Waals surface area contributed by atoms with E-state index in [-0.39, 0.29) is 18.2 Å². The third-order valence-electron chi connectivity index (χ3n) is 2.07. The lowest BCUT2D eigenvalue weighted by molar-refractivity contribution is -0.133. The molecule has 2 rings (SSSR count). The molecule has 1 fully saturated rings. The van der Waals surface area contributed by atoms with Crippen molar-refractivity contribution in [2.75, 3.05) is 17.6 Å². The highest BCUT2D eigenvalue weighted by atomic mass is 32.2. The Morgan fingerprint density at radius 2 is 2.22 bits per heavy atom. The number of thioether (sulfide) groups is 1. The number of carboxylic acids is 1. The lowest BCUT2D eigenvalue weighted by Crippen LogP contribution is -2.31. The number of carbonyl (C=O) groups excluding carboxylic acids is 1. The number of carbonyl (C=O) groups is 2. The zero-order valence-corrected chi connectivity index (χ0v) is 11.0. The minimum atomic E-state index is -0.895. The van der Waals surface area contributed by atoms with Gasteiger partial charge in [-0.1, -0.05) is 23.1 Å². The molecule has 1 aliphatic rings. The van der Waals surface area contributed by atoms with Gasteiger partial charge in [-0.2, -0.15) is 0 Å². The van der Waals surface area contributed by atoms with Gasteiger partial charge in [0.2, 0.25) is 11.0 Å². The van der Waals surface area contributed by atoms with E-state index in [2.05, 4.69) is 20.8 Å². The summed E-state index contributed by atoms with van der Waals surface area (Å²) in [6.07, 6.45) is 2.11. The lowest BCUT2D eigenvalue weighted by Gasteiger charge is -2.02. The molecule has 1 aromatic rings. The minimum absolute atomic E-state index is 0.0448. The number of rotatable bonds is 7. The van der Waals surface area contributed by atoms with Crippen molar-refractivity contribution in [2.24, 2.45) is 0 Å². The summed E-state index contributed by atoms with van der Waals surface area (Å²) in [5.74, 6) is -1.00. The molecule has 0 spiro atoms. The number of carboxylic acid groups (broad SMARTS) is 1. The zero-order valence-electron chi connectivity index (χ0n) is 9.38. The van der Waals surface area contributed by atoms with Crippen LogP contribution in [0.2, 0.25) is 0 Å². The monoisotopic (exact) mass is 288 g/mol. The summed E-state index contributed by atoms with van der Waals surface area (Å²) < 4.78 is 0.572. The number of hydrogen-bond acceptors (Lipinski definition) is 7. The van der Waals surface area contributed by atoms with Crippen LogP contribution in [0.5, 0.6) is 0 Å². The topological polar surface area (TPSA) is 104 Å². The van der Waals surface area contributed by atoms with Crippen molar-refractivity contribution >= 4 is 40.1 Å². The Labute approximate surface area is 111 Å². The molecule has 98 valence electrons. The fourth-order valence-corrected chi connectivity index (χ4v) is 2.59. The Kier molecular flexibility index (Phi) is 4.37. The van der Waals surface area contributed by atoms with Crippen molar-refractivity contribution in [3.05, 3.63) is 0 Å². The van der Waals surface area contributed by atoms with Crippen LogP contribution >= 0.6 is 23.1 Å². The molecule has 3 N–H and O–H groups in total. The van der Waals surface area contributed by atoms with Gasteiger partial charge in [0.15, 0.2) is 4.34 Å². The number of aromatic nitrogens is 2. The summed E-state index contributed by atoms with van der Waals surface area (Å²) in [6.45, 7) is 0.161. The molecular weight excluding hydrogens is 276 g/mol. The van der Waals surface area contributed by atoms with Gasteiger partial charge in [0, 0.05) is 6.04 Å². The van der Waals surface area contributed by atoms with Crippen molar-refractivity contribution in [2.45, 2.75) is 23.2 Å². The SMILES string of the molecule is O=C(O)CSc1nnc(NCC(=O)NC2CC2)s1. The van der Waals surface area contributed by atoms with Crippen LogP contribution in [-0.2, 0) is 9.59 Å². The van der Waals surface area contributed by atoms with Crippen molar-refractivity contribution in [1.82, 2.24) is 15.5 Å². The molecule has 18 heavy (non-hydrogen) atoms. The fraction of sp³-hybridized carbons (Fsp3) is 0.556. The van der Waals surface area contributed by atoms with Crippen molar-refractivity contribution in [3.63, 3.8) is 0 Å². The van der Waals surface area contributed by atoms with E-state index in [9.17, 15) is 9.59 Å². The highest BCUT2D eigenvalue weighted by Crippen LogP contribution is 2.25. The third-order valence-corrected chi connectivity index (χ3v) is 4.07. The molecule has 1 aromatic heterocycles. The van der Waals surface area contributed by atoms with Gasteiger partial charge in [0.1, 0.15) is 0 Å². The lowest BCUT2D eigenvalue weighted by atomic mass is 10.5. The molecule has 0 unspecified atom stereocenters. The standard InChI is InChI=1S/C9H12N4O3S2/c14-6(11-5-1-2-5)3-10-8-12-13-9(18-8)17-4-7(15)16/h5H,1-4H2,(H,10,12)(H,11,14)(H,15,16). The van der Waals surface area contributed by atoms with Gasteiger partial charge in [-0.05, 0) is 12.8 Å². The maximum Gasteiger partial charge on any atom is 0.313 e. The van der Waals surface area contributed by atoms with Gasteiger partial charge in [-0.15, -0.1) is 10.2 Å². The Bertz CT molecular complexity index is 447. The molecule has 0 radical (unpaired) electrons. The second-order valence-corrected chi connectivity index (χ2v) is 5.95. The van der Waals surface area contributed by atoms with Gasteiger partial charge < -0.3 is 15.7 Å². The molecule has 1 heterocycles. The molecule has 1 amide bonds. The summed E-state index contributed by atoms with van der Waals surface area (Å²) >= 11 is 2.35. The number of aliphatic carboxylic acids is 1. The first kappa shape index (κ1) is 13.1. The van der Waals surface area contributed by atoms with Gasteiger partial charge in [0.25, 0.3) is 0 Å². The number of hydrogen-bond donors (Lipinski definition) is 3. The zero-order chi connectivity index (χ0) is 13.0. The van der Waals surface area contributed by atoms with Gasteiger partial charge in [0.05, 0.1) is 12.3 Å². The summed E-state index contributed by atoms with van der Waals surface area (Å²) in [5, 5.41) is 22.4. The van der Waals surface area contributed by atoms with E-state index in [0.29, 0.717) is 15.5 Å². The Morgan fingerprint density at radius 1 is 1.44 bits per heavy atom. The Balaban J connectivity index is 1.71. The second-order valence-electron chi connectivity index (χ2n) is 3.75. The largest absolute Gasteiger partial charge is 0.481 e. The van der Waals surface area contributed by atoms with Gasteiger partial charge in [-0.25, -0.2) is 0 Å². The van der Waals surface area contributed by atoms with Crippen LogP contribution in [-0.4, -0.2) is 45.5 Å². The molecular formula is C9H12N4O3S2. The first-order chi connectivity index (χ1) is 8.63. The second kappa shape index (κ2) is 6.01. The first-order valence-electron chi connectivity index (χ1n) is 5.35. The van der Waals surface area contributed by atoms with Gasteiger partial charge in [-0.3, -0.25) is 9.59 Å². The highest BCUT2D eigenvalue weighted by molar-refractivity contribution is 8.01. The maximum absolute atomic E-state index is 11.4. The molecule has 0 aliphatic heterocycles. The average molecular weight is 288 g/mol. The Hall–Kier alpha value is -1.35. The van der Waals surface area contributed by atoms with E-state index in [1.54, 1.807) is 0 Å². The normalized spacial score (nSPS) is 14.2. The van der Waals surface area contributed by atoms with Crippen molar-refractivity contribution < 1.29 is 14.7 Å². The number of anilines is 1. The number of nitrogens with one attached hydrogen (secondary N) is 2. The number of amides is 1. The van der Waals surface area contributed by atoms with E-state index < -0.39 is 5.97 Å². The maximum atomic E-state index is 11.4. The van der Waals surface area contributed by atoms with E-state index in [0.717, 1.165) is 24.6 Å². The van der Waals surface area contributed by atoms with E-state index in [1.807, 2.05) is 0 Å². The van der Waals surface area contributed by atoms with Gasteiger partial charge >= 0.3 is 5.97 Å². The number of nitrogens with zero attached hydrogens (tertiary/aromatic N) is 2. The summed E-state index contributed by atoms with van der Waals surface area (Å²) in [5.41, 5.74) is 0. The first-order valence-corrected chi connectivity index (χ1v) is 7.15. The van der Waals surface area contributed by atoms with Crippen LogP contribution in [0.1, 0.15) is 12.8 Å². The Morgan fingerprint density at radius 3 is 2.89 bits per heavy atom. The molecule has 1 saturated carbocycles. The van der Waals surface area contributed by atoms with E-state index in [1.165, 1.54) is 11.3 Å². The van der Waals surface area contributed by atoms with Crippen molar-refractivity contribution in [3.8, 4) is 0 Å². The highest BCUT2D eigenvalue weighted by Gasteiger charge is 2.23. The fourth-order valence-electron chi connectivity index (χ4n) is 1.13. The van der Waals surface area contributed by atoms with Crippen LogP contribution in [0.15, 0.2) is 4.34 Å². The van der Waals surface area contributed by atoms with Crippen molar-refractivity contribution in [1.29, 1.82) is 0 Å². The van der Waals surface area contributed by atoms with Crippen LogP contribution < -0.4 is 10.6 Å². The predicted molar refractivity (Wildman–Crippen MR) is 67.9 cm³/mol. The smallest absolute Gasteiger partial charge is 0.313 e. The molecule has 0 saturated heterocycles. The summed E-state index contributed by atoms with van der Waals surface area (Å²) in [6, 6.07) is 0.343. The van der Waals surface area contributed by atoms with Crippen LogP contribution in [0, 0.1) is 0 Å². The predicted octanol–water partition coefficient (Wildman–Crippen LogP) is 0.405. The minimum Gasteiger partial charge on any atom is -0.481 e. The molecule has 9 heteroatoms. The van der Waals surface area contributed by atoms with Crippen LogP contribution in [0.3, 0.4) is 0 Å². The summed E-state index contributed by atoms with van der Waals surface area (Å²) in [4.78, 5) is 21.8. The summed E-state index contributed by atoms with van der Waals surface area (Å²) in [7, 11) is 0. The quantitative estimate of drug-likeness (QED) is 0.624. The van der Waals surface area contributed by atoms with Crippen LogP contribution in [0.4, 0.5) is 5.13 Å². The molecule has 0 aromatic carbocycles. The molecule has 0 bridgehead atoms. The van der Waals surface area contributed by atoms with Crippen LogP contribution in [0.25, 0.3) is 0 Å². The third kappa shape index (κ3) is 4.49. The molecule has 0 atom stereocenters. The van der Waals surface area contributed by atoms with E-state index in [4.69, 9.17) is 5.11 Å². The molecule has 7 nitrogen and oxygen atoms in total.